The molecule has 0 saturated heterocycles. The Morgan fingerprint density at radius 3 is 2.70 bits per heavy atom. The van der Waals surface area contributed by atoms with E-state index in [1.54, 1.807) is 6.07 Å². The van der Waals surface area contributed by atoms with Gasteiger partial charge in [0, 0.05) is 17.1 Å². The molecular weight excluding hydrogens is 268 g/mol. The number of nitrogens with one attached hydrogen (secondary N) is 1. The molecule has 0 spiro atoms. The van der Waals surface area contributed by atoms with Crippen molar-refractivity contribution in [3.8, 4) is 0 Å². The fourth-order valence-electron chi connectivity index (χ4n) is 1.94. The molecule has 0 heterocycles. The van der Waals surface area contributed by atoms with Gasteiger partial charge in [-0.2, -0.15) is 11.8 Å². The molecule has 2 rings (SSSR count). The average molecular weight is 286 g/mol. The van der Waals surface area contributed by atoms with Crippen LogP contribution in [0.15, 0.2) is 48.5 Å². The van der Waals surface area contributed by atoms with Gasteiger partial charge in [0.15, 0.2) is 0 Å². The molecule has 0 unspecified atom stereocenters. The third-order valence-corrected chi connectivity index (χ3v) is 4.16. The molecule has 0 aliphatic heterocycles. The molecule has 20 heavy (non-hydrogen) atoms. The first-order valence-corrected chi connectivity index (χ1v) is 7.58. The van der Waals surface area contributed by atoms with Crippen LogP contribution in [0.25, 0.3) is 0 Å². The molecule has 2 aromatic carbocycles. The normalized spacial score (nSPS) is 10.3. The van der Waals surface area contributed by atoms with E-state index in [4.69, 9.17) is 5.84 Å². The van der Waals surface area contributed by atoms with Crippen LogP contribution in [0, 0.1) is 6.92 Å². The maximum atomic E-state index is 11.5. The van der Waals surface area contributed by atoms with Gasteiger partial charge in [0.1, 0.15) is 0 Å². The van der Waals surface area contributed by atoms with Crippen molar-refractivity contribution in [3.63, 3.8) is 0 Å². The number of carbonyl (C=O) groups is 1. The standard InChI is InChI=1S/C16H18N2OS/c1-12-5-2-3-7-15(12)11-20-10-13-6-4-8-14(9-13)16(19)18-17/h2-9H,10-11,17H2,1H3,(H,18,19). The van der Waals surface area contributed by atoms with Crippen LogP contribution >= 0.6 is 11.8 Å². The van der Waals surface area contributed by atoms with Gasteiger partial charge in [-0.05, 0) is 35.7 Å². The highest BCUT2D eigenvalue weighted by molar-refractivity contribution is 7.97. The summed E-state index contributed by atoms with van der Waals surface area (Å²) in [5.41, 5.74) is 6.55. The summed E-state index contributed by atoms with van der Waals surface area (Å²) in [5, 5.41) is 0. The van der Waals surface area contributed by atoms with Crippen LogP contribution in [0.3, 0.4) is 0 Å². The molecule has 2 aromatic rings. The Kier molecular flexibility index (Phi) is 5.21. The first-order chi connectivity index (χ1) is 9.70. The highest BCUT2D eigenvalue weighted by Crippen LogP contribution is 2.20. The van der Waals surface area contributed by atoms with E-state index in [0.29, 0.717) is 5.56 Å². The van der Waals surface area contributed by atoms with Crippen molar-refractivity contribution < 1.29 is 4.79 Å². The lowest BCUT2D eigenvalue weighted by Gasteiger charge is -2.06. The fraction of sp³-hybridized carbons (Fsp3) is 0.188. The second-order valence-corrected chi connectivity index (χ2v) is 5.58. The Bertz CT molecular complexity index is 599. The zero-order valence-corrected chi connectivity index (χ0v) is 12.2. The number of rotatable bonds is 5. The third kappa shape index (κ3) is 3.85. The number of benzene rings is 2. The highest BCUT2D eigenvalue weighted by atomic mass is 32.2. The molecular formula is C16H18N2OS. The van der Waals surface area contributed by atoms with Crippen LogP contribution in [0.1, 0.15) is 27.0 Å². The minimum absolute atomic E-state index is 0.254. The Balaban J connectivity index is 1.94. The number of nitrogens with two attached hydrogens (primary N) is 1. The number of aryl methyl sites for hydroxylation is 1. The largest absolute Gasteiger partial charge is 0.290 e. The summed E-state index contributed by atoms with van der Waals surface area (Å²) in [6, 6.07) is 16.0. The minimum atomic E-state index is -0.254. The van der Waals surface area contributed by atoms with Gasteiger partial charge in [0.2, 0.25) is 0 Å². The number of nitrogen functional groups attached to an aromatic ring is 1. The van der Waals surface area contributed by atoms with Crippen molar-refractivity contribution in [2.24, 2.45) is 5.84 Å². The molecule has 0 radical (unpaired) electrons. The Morgan fingerprint density at radius 1 is 1.15 bits per heavy atom. The summed E-state index contributed by atoms with van der Waals surface area (Å²) in [7, 11) is 0. The van der Waals surface area contributed by atoms with Crippen LogP contribution in [0.4, 0.5) is 0 Å². The van der Waals surface area contributed by atoms with E-state index in [9.17, 15) is 4.79 Å². The lowest BCUT2D eigenvalue weighted by atomic mass is 10.1. The third-order valence-electron chi connectivity index (χ3n) is 3.11. The van der Waals surface area contributed by atoms with Gasteiger partial charge in [-0.15, -0.1) is 0 Å². The minimum Gasteiger partial charge on any atom is -0.290 e. The Labute approximate surface area is 123 Å². The number of thioether (sulfide) groups is 1. The van der Waals surface area contributed by atoms with Crippen LogP contribution < -0.4 is 11.3 Å². The molecule has 0 saturated carbocycles. The number of amides is 1. The zero-order chi connectivity index (χ0) is 14.4. The first kappa shape index (κ1) is 14.6. The van der Waals surface area contributed by atoms with Crippen molar-refractivity contribution in [1.82, 2.24) is 5.43 Å². The Morgan fingerprint density at radius 2 is 1.95 bits per heavy atom. The predicted molar refractivity (Wildman–Crippen MR) is 84.3 cm³/mol. The molecule has 0 aliphatic carbocycles. The van der Waals surface area contributed by atoms with Gasteiger partial charge < -0.3 is 0 Å². The summed E-state index contributed by atoms with van der Waals surface area (Å²) < 4.78 is 0. The lowest BCUT2D eigenvalue weighted by Crippen LogP contribution is -2.29. The van der Waals surface area contributed by atoms with E-state index in [1.807, 2.05) is 30.0 Å². The predicted octanol–water partition coefficient (Wildman–Crippen LogP) is 3.03. The van der Waals surface area contributed by atoms with Gasteiger partial charge in [-0.3, -0.25) is 10.2 Å². The Hall–Kier alpha value is -1.78. The fourth-order valence-corrected chi connectivity index (χ4v) is 3.00. The van der Waals surface area contributed by atoms with Gasteiger partial charge in [0.25, 0.3) is 5.91 Å². The van der Waals surface area contributed by atoms with Crippen molar-refractivity contribution in [1.29, 1.82) is 0 Å². The van der Waals surface area contributed by atoms with E-state index < -0.39 is 0 Å². The monoisotopic (exact) mass is 286 g/mol. The summed E-state index contributed by atoms with van der Waals surface area (Å²) >= 11 is 1.84. The molecule has 3 nitrogen and oxygen atoms in total. The topological polar surface area (TPSA) is 55.1 Å². The van der Waals surface area contributed by atoms with E-state index >= 15 is 0 Å². The molecule has 0 aromatic heterocycles. The molecule has 0 bridgehead atoms. The smallest absolute Gasteiger partial charge is 0.265 e. The van der Waals surface area contributed by atoms with Gasteiger partial charge in [-0.25, -0.2) is 5.84 Å². The van der Waals surface area contributed by atoms with Gasteiger partial charge in [-0.1, -0.05) is 36.4 Å². The molecule has 0 aliphatic rings. The summed E-state index contributed by atoms with van der Waals surface area (Å²) in [5.74, 6) is 6.74. The van der Waals surface area contributed by atoms with E-state index in [0.717, 1.165) is 17.1 Å². The number of hydrogen-bond acceptors (Lipinski definition) is 3. The second-order valence-electron chi connectivity index (χ2n) is 4.59. The number of hydrazine groups is 1. The lowest BCUT2D eigenvalue weighted by molar-refractivity contribution is 0.0953. The summed E-state index contributed by atoms with van der Waals surface area (Å²) in [4.78, 5) is 11.5. The molecule has 0 atom stereocenters. The van der Waals surface area contributed by atoms with Crippen LogP contribution in [-0.4, -0.2) is 5.91 Å². The molecule has 3 N–H and O–H groups in total. The van der Waals surface area contributed by atoms with E-state index in [2.05, 4.69) is 36.6 Å². The average Bonchev–Trinajstić information content (AvgIpc) is 2.49. The number of hydrogen-bond donors (Lipinski definition) is 2. The molecule has 1 amide bonds. The molecule has 4 heteroatoms. The zero-order valence-electron chi connectivity index (χ0n) is 11.4. The number of carbonyl (C=O) groups excluding carboxylic acids is 1. The van der Waals surface area contributed by atoms with E-state index in [1.165, 1.54) is 11.1 Å². The summed E-state index contributed by atoms with van der Waals surface area (Å²) in [6.45, 7) is 2.13. The van der Waals surface area contributed by atoms with Crippen molar-refractivity contribution in [2.75, 3.05) is 0 Å². The highest BCUT2D eigenvalue weighted by Gasteiger charge is 2.04. The first-order valence-electron chi connectivity index (χ1n) is 6.43. The molecule has 0 fully saturated rings. The van der Waals surface area contributed by atoms with Crippen LogP contribution in [0.5, 0.6) is 0 Å². The van der Waals surface area contributed by atoms with Crippen molar-refractivity contribution in [2.45, 2.75) is 18.4 Å². The molecule has 104 valence electrons. The SMILES string of the molecule is Cc1ccccc1CSCc1cccc(C(=O)NN)c1. The van der Waals surface area contributed by atoms with Gasteiger partial charge >= 0.3 is 0 Å². The van der Waals surface area contributed by atoms with Gasteiger partial charge in [0.05, 0.1) is 0 Å². The quantitative estimate of drug-likeness (QED) is 0.504. The van der Waals surface area contributed by atoms with Crippen molar-refractivity contribution >= 4 is 17.7 Å². The second kappa shape index (κ2) is 7.12. The maximum Gasteiger partial charge on any atom is 0.265 e. The maximum absolute atomic E-state index is 11.5. The summed E-state index contributed by atoms with van der Waals surface area (Å²) in [6.07, 6.45) is 0. The van der Waals surface area contributed by atoms with E-state index in [-0.39, 0.29) is 5.91 Å². The van der Waals surface area contributed by atoms with Crippen molar-refractivity contribution in [3.05, 3.63) is 70.8 Å². The van der Waals surface area contributed by atoms with Crippen LogP contribution in [0.2, 0.25) is 0 Å². The van der Waals surface area contributed by atoms with Crippen LogP contribution in [-0.2, 0) is 11.5 Å².